The molecule has 4 aromatic rings. The van der Waals surface area contributed by atoms with E-state index in [1.165, 1.54) is 0 Å². The van der Waals surface area contributed by atoms with Gasteiger partial charge in [0.2, 0.25) is 0 Å². The Morgan fingerprint density at radius 3 is 1.32 bits per heavy atom. The van der Waals surface area contributed by atoms with Gasteiger partial charge in [0.15, 0.2) is 0 Å². The van der Waals surface area contributed by atoms with E-state index in [1.807, 2.05) is 0 Å². The monoisotopic (exact) mass is 622 g/mol. The molecular formula is C16H4Cl6N4Se2. The van der Waals surface area contributed by atoms with E-state index in [9.17, 15) is 0 Å². The summed E-state index contributed by atoms with van der Waals surface area (Å²) in [5.41, 5.74) is 1.13. The first kappa shape index (κ1) is 21.1. The van der Waals surface area contributed by atoms with Crippen LogP contribution < -0.4 is 9.18 Å². The van der Waals surface area contributed by atoms with Crippen LogP contribution in [0.5, 0.6) is 0 Å². The summed E-state index contributed by atoms with van der Waals surface area (Å²) < 4.78 is 1.56. The fourth-order valence-corrected chi connectivity index (χ4v) is 10.4. The Hall–Kier alpha value is -0.101. The van der Waals surface area contributed by atoms with E-state index >= 15 is 0 Å². The fraction of sp³-hybridized carbons (Fsp3) is 0. The molecule has 2 aromatic carbocycles. The molecule has 0 aliphatic heterocycles. The molecule has 0 aliphatic carbocycles. The molecule has 0 atom stereocenters. The molecule has 28 heavy (non-hydrogen) atoms. The summed E-state index contributed by atoms with van der Waals surface area (Å²) in [4.78, 5) is 17.2. The zero-order chi connectivity index (χ0) is 20.0. The van der Waals surface area contributed by atoms with Crippen LogP contribution in [-0.4, -0.2) is 46.2 Å². The minimum atomic E-state index is -0.120. The summed E-state index contributed by atoms with van der Waals surface area (Å²) in [5.74, 6) is 0. The van der Waals surface area contributed by atoms with Gasteiger partial charge in [-0.3, -0.25) is 0 Å². The van der Waals surface area contributed by atoms with Crippen LogP contribution >= 0.6 is 69.6 Å². The third kappa shape index (κ3) is 4.33. The first-order valence-corrected chi connectivity index (χ1v) is 15.6. The number of aromatic nitrogens is 4. The van der Waals surface area contributed by atoms with E-state index in [-0.39, 0.29) is 36.8 Å². The molecule has 142 valence electrons. The van der Waals surface area contributed by atoms with E-state index in [1.54, 1.807) is 24.3 Å². The van der Waals surface area contributed by atoms with Crippen LogP contribution in [0.4, 0.5) is 0 Å². The van der Waals surface area contributed by atoms with Crippen molar-refractivity contribution in [1.29, 1.82) is 0 Å². The number of rotatable bonds is 3. The molecule has 0 saturated carbocycles. The van der Waals surface area contributed by atoms with Crippen LogP contribution in [0.3, 0.4) is 0 Å². The molecule has 0 spiro atoms. The van der Waals surface area contributed by atoms with Gasteiger partial charge in [-0.15, -0.1) is 0 Å². The zero-order valence-corrected chi connectivity index (χ0v) is 21.1. The maximum absolute atomic E-state index is 6.27. The summed E-state index contributed by atoms with van der Waals surface area (Å²) in [6.45, 7) is 0. The molecule has 12 heteroatoms. The van der Waals surface area contributed by atoms with E-state index < -0.39 is 0 Å². The SMILES string of the molecule is Clc1cc(Cl)c2nc(Cl)nc([Se][Se]c3nc(Cl)nc4c(Cl)cc(Cl)cc34)c2c1. The minimum absolute atomic E-state index is 0.120. The van der Waals surface area contributed by atoms with Crippen LogP contribution in [0.15, 0.2) is 24.3 Å². The molecule has 2 heterocycles. The van der Waals surface area contributed by atoms with Crippen LogP contribution in [0.2, 0.25) is 30.7 Å². The average molecular weight is 623 g/mol. The Morgan fingerprint density at radius 1 is 0.536 bits per heavy atom. The topological polar surface area (TPSA) is 51.6 Å². The number of halogens is 6. The predicted molar refractivity (Wildman–Crippen MR) is 120 cm³/mol. The van der Waals surface area contributed by atoms with Crippen LogP contribution in [0, 0.1) is 0 Å². The number of fused-ring (bicyclic) bond motifs is 2. The number of nitrogens with zero attached hydrogens (tertiary/aromatic N) is 4. The molecule has 0 bridgehead atoms. The summed E-state index contributed by atoms with van der Waals surface area (Å²) in [6.07, 6.45) is 0. The van der Waals surface area contributed by atoms with Gasteiger partial charge in [0.1, 0.15) is 0 Å². The Labute approximate surface area is 200 Å². The van der Waals surface area contributed by atoms with Crippen molar-refractivity contribution >= 4 is 127 Å². The van der Waals surface area contributed by atoms with Gasteiger partial charge in [-0.25, -0.2) is 0 Å². The molecule has 4 rings (SSSR count). The Kier molecular flexibility index (Phi) is 6.47. The summed E-state index contributed by atoms with van der Waals surface area (Å²) in [6, 6.07) is 6.81. The third-order valence-corrected chi connectivity index (χ3v) is 11.4. The molecule has 0 fully saturated rings. The number of benzene rings is 2. The molecular weight excluding hydrogens is 619 g/mol. The van der Waals surface area contributed by atoms with Gasteiger partial charge in [-0.1, -0.05) is 0 Å². The predicted octanol–water partition coefficient (Wildman–Crippen LogP) is 4.77. The van der Waals surface area contributed by atoms with E-state index in [0.29, 0.717) is 31.1 Å². The summed E-state index contributed by atoms with van der Waals surface area (Å²) in [7, 11) is 0. The second kappa shape index (κ2) is 8.56. The first-order valence-electron chi connectivity index (χ1n) is 7.31. The van der Waals surface area contributed by atoms with Gasteiger partial charge in [0, 0.05) is 0 Å². The average Bonchev–Trinajstić information content (AvgIpc) is 2.61. The van der Waals surface area contributed by atoms with Crippen LogP contribution in [0.25, 0.3) is 21.8 Å². The van der Waals surface area contributed by atoms with Crippen LogP contribution in [0.1, 0.15) is 0 Å². The standard InChI is InChI=1S/C16H4Cl6N4Se2/c17-5-1-7-11(9(19)3-5)23-15(21)25-13(7)27-28-14-8-2-6(18)4-10(20)12(8)24-16(22)26-14/h1-4H. The van der Waals surface area contributed by atoms with Crippen molar-refractivity contribution in [3.8, 4) is 0 Å². The van der Waals surface area contributed by atoms with Gasteiger partial charge in [-0.05, 0) is 0 Å². The van der Waals surface area contributed by atoms with Crippen molar-refractivity contribution in [2.75, 3.05) is 0 Å². The van der Waals surface area contributed by atoms with Crippen LogP contribution in [-0.2, 0) is 0 Å². The van der Waals surface area contributed by atoms with E-state index in [2.05, 4.69) is 19.9 Å². The van der Waals surface area contributed by atoms with Gasteiger partial charge in [0.25, 0.3) is 0 Å². The van der Waals surface area contributed by atoms with Gasteiger partial charge in [-0.2, -0.15) is 0 Å². The third-order valence-electron chi connectivity index (χ3n) is 3.51. The molecule has 0 saturated heterocycles. The van der Waals surface area contributed by atoms with Gasteiger partial charge in [0.05, 0.1) is 0 Å². The van der Waals surface area contributed by atoms with E-state index in [4.69, 9.17) is 69.6 Å². The second-order valence-electron chi connectivity index (χ2n) is 5.33. The van der Waals surface area contributed by atoms with Crippen molar-refractivity contribution < 1.29 is 0 Å². The Bertz CT molecular complexity index is 1160. The van der Waals surface area contributed by atoms with Gasteiger partial charge < -0.3 is 0 Å². The second-order valence-corrected chi connectivity index (χ2v) is 13.6. The normalized spacial score (nSPS) is 11.5. The molecule has 0 aliphatic rings. The zero-order valence-electron chi connectivity index (χ0n) is 13.2. The maximum atomic E-state index is 6.27. The molecule has 4 nitrogen and oxygen atoms in total. The summed E-state index contributed by atoms with van der Waals surface area (Å²) in [5, 5.41) is 3.63. The molecule has 2 aromatic heterocycles. The number of hydrogen-bond acceptors (Lipinski definition) is 4. The molecule has 0 amide bonds. The molecule has 0 unspecified atom stereocenters. The number of hydrogen-bond donors (Lipinski definition) is 0. The van der Waals surface area contributed by atoms with Crippen molar-refractivity contribution in [2.24, 2.45) is 0 Å². The quantitative estimate of drug-likeness (QED) is 0.244. The van der Waals surface area contributed by atoms with Crippen molar-refractivity contribution in [3.05, 3.63) is 54.9 Å². The molecule has 0 N–H and O–H groups in total. The van der Waals surface area contributed by atoms with Crippen molar-refractivity contribution in [1.82, 2.24) is 19.9 Å². The Morgan fingerprint density at radius 2 is 0.929 bits per heavy atom. The van der Waals surface area contributed by atoms with Gasteiger partial charge >= 0.3 is 202 Å². The fourth-order valence-electron chi connectivity index (χ4n) is 2.41. The van der Waals surface area contributed by atoms with Crippen molar-refractivity contribution in [2.45, 2.75) is 0 Å². The Balaban J connectivity index is 1.80. The summed E-state index contributed by atoms with van der Waals surface area (Å²) >= 11 is 36.8. The first-order chi connectivity index (χ1) is 13.3. The van der Waals surface area contributed by atoms with Crippen molar-refractivity contribution in [3.63, 3.8) is 0 Å². The van der Waals surface area contributed by atoms with E-state index in [0.717, 1.165) is 20.0 Å². The molecule has 0 radical (unpaired) electrons.